The lowest BCUT2D eigenvalue weighted by Crippen LogP contribution is -2.55. The fraction of sp³-hybridized carbons (Fsp3) is 0.896. The van der Waals surface area contributed by atoms with Crippen LogP contribution in [0, 0.1) is 17.8 Å². The monoisotopic (exact) mass is 1660 g/mol. The summed E-state index contributed by atoms with van der Waals surface area (Å²) in [6.07, 6.45) is -9.58. The van der Waals surface area contributed by atoms with Crippen LogP contribution in [0.2, 0.25) is 0 Å². The van der Waals surface area contributed by atoms with Gasteiger partial charge in [-0.15, -0.1) is 0 Å². The zero-order valence-electron chi connectivity index (χ0n) is 58.9. The molecule has 0 saturated carbocycles. The lowest BCUT2D eigenvalue weighted by molar-refractivity contribution is -0.282. The van der Waals surface area contributed by atoms with Gasteiger partial charge in [0.15, 0.2) is 18.9 Å². The highest BCUT2D eigenvalue weighted by Crippen LogP contribution is 2.42. The number of nitrogens with one attached hydrogen (secondary N) is 4. The van der Waals surface area contributed by atoms with Crippen LogP contribution in [0.15, 0.2) is 0 Å². The number of Topliss-reactive ketones (excluding diaryl/α,β-unsaturated/α-hetero) is 4. The molecule has 0 radical (unpaired) electrons. The summed E-state index contributed by atoms with van der Waals surface area (Å²) in [6.45, 7) is 7.26. The first kappa shape index (κ1) is 137. The number of aliphatic hydroxyl groups excluding tert-OH is 9. The third-order valence-corrected chi connectivity index (χ3v) is 17.5. The van der Waals surface area contributed by atoms with Gasteiger partial charge in [0.25, 0.3) is 0 Å². The lowest BCUT2D eigenvalue weighted by atomic mass is 9.92. The van der Waals surface area contributed by atoms with Gasteiger partial charge in [-0.2, -0.15) is 0 Å². The number of nitrogens with two attached hydrogens (primary N) is 1. The van der Waals surface area contributed by atoms with Crippen LogP contribution in [-0.2, 0) is 85.1 Å². The molecule has 16 N–H and O–H groups in total. The smallest absolute Gasteiger partial charge is 0.394 e. The predicted molar refractivity (Wildman–Crippen MR) is 442 cm³/mol. The fourth-order valence-electron chi connectivity index (χ4n) is 10.4. The van der Waals surface area contributed by atoms with E-state index in [2.05, 4.69) is 30.3 Å². The van der Waals surface area contributed by atoms with Gasteiger partial charge in [-0.1, -0.05) is 144 Å². The van der Waals surface area contributed by atoms with Crippen molar-refractivity contribution >= 4 is 54.6 Å². The molecule has 3 rings (SSSR count). The number of carbonyl (C=O) groups is 8. The summed E-state index contributed by atoms with van der Waals surface area (Å²) in [5.74, 6) is -5.90. The number of ketones is 4. The van der Waals surface area contributed by atoms with Crippen molar-refractivity contribution in [3.05, 3.63) is 0 Å². The molecule has 34 nitrogen and oxygen atoms in total. The highest BCUT2D eigenvalue weighted by atomic mass is 31.2. The molecule has 3 aliphatic heterocycles. The molecule has 8 unspecified atom stereocenters. The van der Waals surface area contributed by atoms with E-state index in [1.165, 1.54) is 12.0 Å². The van der Waals surface area contributed by atoms with E-state index in [9.17, 15) is 88.9 Å². The molecule has 3 aliphatic rings. The first-order valence-electron chi connectivity index (χ1n) is 34.5. The molecule has 0 aromatic rings. The number of unbranched alkanes of at least 4 members (excludes halogenated alkanes) is 3. The van der Waals surface area contributed by atoms with E-state index in [4.69, 9.17) is 43.8 Å². The van der Waals surface area contributed by atoms with Crippen molar-refractivity contribution in [2.75, 3.05) is 113 Å². The van der Waals surface area contributed by atoms with E-state index >= 15 is 0 Å². The molecule has 35 heteroatoms. The van der Waals surface area contributed by atoms with E-state index in [0.717, 1.165) is 32.8 Å². The SMILES string of the molecule is C.C.C.C.C.C.C.C.C.C.C.C.C.CC.COCCCC(=O)CCCC(=O)CCC(C(=O)NCC(=O)NCCCO[C@@H]1OC(CO)[C@H](O)[C@H](O)C1C)N(CC(=O)CCC(=O)NCCCO[C@@H]1OC(CO)[C@H](O)[C@H](O)C1C)CC(=O)CCC(=O)NCCCO[C@@H]1OC(CO)[C@H](O)[C@H](O)C1C.COP(=O)(O)OCCCCCCN. The third-order valence-electron chi connectivity index (χ3n) is 16.5. The minimum absolute atomic E-state index is 0. The van der Waals surface area contributed by atoms with E-state index in [1.54, 1.807) is 20.8 Å². The van der Waals surface area contributed by atoms with Crippen LogP contribution in [0.25, 0.3) is 0 Å². The molecular formula is C77H171N6O28P. The Balaban J connectivity index is -0.000000288. The zero-order chi connectivity index (χ0) is 74.5. The number of aliphatic hydroxyl groups is 9. The van der Waals surface area contributed by atoms with Crippen LogP contribution in [0.5, 0.6) is 0 Å². The number of hydrogen-bond acceptors (Lipinski definition) is 29. The Bertz CT molecular complexity index is 2270. The lowest BCUT2D eigenvalue weighted by Gasteiger charge is -2.40. The van der Waals surface area contributed by atoms with Gasteiger partial charge < -0.3 is 111 Å². The summed E-state index contributed by atoms with van der Waals surface area (Å²) in [6, 6.07) is -1.38. The van der Waals surface area contributed by atoms with Crippen molar-refractivity contribution in [1.29, 1.82) is 0 Å². The second-order valence-corrected chi connectivity index (χ2v) is 25.9. The maximum absolute atomic E-state index is 14.2. The summed E-state index contributed by atoms with van der Waals surface area (Å²) < 4.78 is 58.3. The van der Waals surface area contributed by atoms with Crippen LogP contribution < -0.4 is 27.0 Å². The molecule has 0 aromatic carbocycles. The van der Waals surface area contributed by atoms with Gasteiger partial charge in [0, 0.05) is 110 Å². The Morgan fingerprint density at radius 1 is 0.429 bits per heavy atom. The van der Waals surface area contributed by atoms with Gasteiger partial charge in [-0.3, -0.25) is 52.3 Å². The predicted octanol–water partition coefficient (Wildman–Crippen LogP) is 6.35. The third kappa shape index (κ3) is 55.5. The largest absolute Gasteiger partial charge is 0.471 e. The first-order valence-corrected chi connectivity index (χ1v) is 36.0. The van der Waals surface area contributed by atoms with Crippen LogP contribution in [-0.4, -0.2) is 295 Å². The van der Waals surface area contributed by atoms with Crippen LogP contribution in [0.4, 0.5) is 0 Å². The van der Waals surface area contributed by atoms with Gasteiger partial charge in [0.05, 0.1) is 90.2 Å². The Morgan fingerprint density at radius 3 is 1.12 bits per heavy atom. The first-order chi connectivity index (χ1) is 47.2. The maximum Gasteiger partial charge on any atom is 0.471 e. The molecule has 4 amide bonds. The van der Waals surface area contributed by atoms with E-state index < -0.39 is 180 Å². The number of ether oxygens (including phenoxy) is 7. The fourth-order valence-corrected chi connectivity index (χ4v) is 10.9. The Morgan fingerprint density at radius 2 is 0.777 bits per heavy atom. The molecule has 17 atom stereocenters. The topological polar surface area (TPSA) is 516 Å². The summed E-state index contributed by atoms with van der Waals surface area (Å²) in [7, 11) is -1.09. The molecule has 0 bridgehead atoms. The maximum atomic E-state index is 14.2. The zero-order valence-corrected chi connectivity index (χ0v) is 59.8. The van der Waals surface area contributed by atoms with Crippen LogP contribution in [0.3, 0.4) is 0 Å². The minimum atomic E-state index is -3.75. The molecule has 3 saturated heterocycles. The summed E-state index contributed by atoms with van der Waals surface area (Å²) in [5, 5.41) is 100. The average Bonchev–Trinajstić information content (AvgIpc) is 0.834. The van der Waals surface area contributed by atoms with Gasteiger partial charge in [-0.05, 0) is 57.9 Å². The molecule has 0 spiro atoms. The van der Waals surface area contributed by atoms with Crippen molar-refractivity contribution in [2.24, 2.45) is 23.5 Å². The number of phosphoric ester groups is 1. The molecule has 3 heterocycles. The van der Waals surface area contributed by atoms with Gasteiger partial charge in [0.1, 0.15) is 59.8 Å². The quantitative estimate of drug-likeness (QED) is 0.0233. The van der Waals surface area contributed by atoms with Crippen molar-refractivity contribution in [1.82, 2.24) is 26.2 Å². The normalized spacial score (nSPS) is 23.1. The number of methoxy groups -OCH3 is 1. The molecule has 3 fully saturated rings. The van der Waals surface area contributed by atoms with E-state index in [1.807, 2.05) is 13.8 Å². The number of rotatable bonds is 51. The van der Waals surface area contributed by atoms with Crippen molar-refractivity contribution in [3.8, 4) is 0 Å². The number of amides is 4. The second-order valence-electron chi connectivity index (χ2n) is 24.4. The highest BCUT2D eigenvalue weighted by Gasteiger charge is 2.45. The van der Waals surface area contributed by atoms with Crippen LogP contribution >= 0.6 is 7.82 Å². The summed E-state index contributed by atoms with van der Waals surface area (Å²) >= 11 is 0. The number of phosphoric acid groups is 1. The number of hydrogen-bond donors (Lipinski definition) is 15. The Labute approximate surface area is 677 Å². The van der Waals surface area contributed by atoms with Crippen LogP contribution in [0.1, 0.15) is 247 Å². The Hall–Kier alpha value is -4.05. The average molecular weight is 1660 g/mol. The standard InChI is InChI=1S/C55H95N5O24.C7H18NO4P.C2H6.13CH4/c1-32-46(71)49(74)40(29-61)82-53(32)79-23-7-19-56-43(68)17-14-37(66)27-60(28-38(67)15-18-44(69)57-20-8-24-80-54-33(2)47(72)50(75)41(30-62)83-54)39(16-13-36(65)11-5-10-35(64)12-6-22-78-4)52(77)59-26-45(70)58-21-9-25-81-55-34(3)48(73)51(76)42(31-63)84-55;1-11-13(9,10)12-7-5-3-2-4-6-8;1-2;;;;;;;;;;;;;/h32-34,39-42,46-51,53-55,61-63,71-76H,5-31H2,1-4H3,(H,56,68)(H,57,69)(H,58,70)(H,59,77);2-8H2,1H3,(H,9,10);1-2H3;13*1H4/t32?,33?,34?,39?,40?,41?,42?,46-,47-,48-,49+,50+,51+,53-,54-,55-;;;;;;;;;;;;;;;/m1.............../s1. The minimum Gasteiger partial charge on any atom is -0.394 e. The Kier molecular flexibility index (Phi) is 97.1. The highest BCUT2D eigenvalue weighted by molar-refractivity contribution is 7.47. The molecule has 112 heavy (non-hydrogen) atoms. The molecule has 0 aromatic heterocycles. The summed E-state index contributed by atoms with van der Waals surface area (Å²) in [4.78, 5) is 116. The molecule has 682 valence electrons. The van der Waals surface area contributed by atoms with Crippen molar-refractivity contribution in [2.45, 2.75) is 327 Å². The van der Waals surface area contributed by atoms with Gasteiger partial charge >= 0.3 is 7.82 Å². The van der Waals surface area contributed by atoms with E-state index in [0.29, 0.717) is 19.6 Å². The molecular weight excluding hydrogens is 1490 g/mol. The van der Waals surface area contributed by atoms with Crippen molar-refractivity contribution in [3.63, 3.8) is 0 Å². The van der Waals surface area contributed by atoms with Crippen molar-refractivity contribution < 1.29 is 136 Å². The van der Waals surface area contributed by atoms with Gasteiger partial charge in [0.2, 0.25) is 23.6 Å². The van der Waals surface area contributed by atoms with E-state index in [-0.39, 0.29) is 238 Å². The number of nitrogens with zero attached hydrogens (tertiary/aromatic N) is 1. The number of carbonyl (C=O) groups excluding carboxylic acids is 8. The second kappa shape index (κ2) is 79.4. The van der Waals surface area contributed by atoms with Gasteiger partial charge in [-0.25, -0.2) is 4.57 Å². The molecule has 0 aliphatic carbocycles. The summed E-state index contributed by atoms with van der Waals surface area (Å²) in [5.41, 5.74) is 5.30.